The summed E-state index contributed by atoms with van der Waals surface area (Å²) in [5.74, 6) is 0.489. The number of hydrogen-bond acceptors (Lipinski definition) is 5. The minimum Gasteiger partial charge on any atom is -0.322 e. The third-order valence-electron chi connectivity index (χ3n) is 4.00. The number of carbonyl (C=O) groups is 1. The van der Waals surface area contributed by atoms with Crippen molar-refractivity contribution in [2.24, 2.45) is 4.99 Å². The Hall–Kier alpha value is -2.34. The van der Waals surface area contributed by atoms with Gasteiger partial charge in [-0.3, -0.25) is 10.0 Å². The van der Waals surface area contributed by atoms with Crippen LogP contribution in [0.4, 0.5) is 0 Å². The van der Waals surface area contributed by atoms with Gasteiger partial charge in [-0.25, -0.2) is 15.5 Å². The van der Waals surface area contributed by atoms with Crippen LogP contribution in [0.25, 0.3) is 17.8 Å². The molecule has 2 heterocycles. The Kier molecular flexibility index (Phi) is 6.06. The molecule has 0 atom stereocenters. The summed E-state index contributed by atoms with van der Waals surface area (Å²) in [6, 6.07) is 0. The number of fused-ring (bicyclic) bond motifs is 1. The first-order valence-electron chi connectivity index (χ1n) is 8.29. The zero-order chi connectivity index (χ0) is 17.5. The molecule has 0 saturated carbocycles. The summed E-state index contributed by atoms with van der Waals surface area (Å²) in [5, 5.41) is 12.5. The molecule has 1 amide bonds. The number of hydrogen-bond donors (Lipinski definition) is 2. The average Bonchev–Trinajstić information content (AvgIpc) is 2.83. The number of allylic oxidation sites excluding steroid dienone is 2. The van der Waals surface area contributed by atoms with Gasteiger partial charge in [0, 0.05) is 18.4 Å². The Morgan fingerprint density at radius 1 is 1.40 bits per heavy atom. The number of hydroxylamine groups is 1. The van der Waals surface area contributed by atoms with Crippen LogP contribution in [0.3, 0.4) is 0 Å². The molecule has 0 bridgehead atoms. The molecule has 3 rings (SSSR count). The zero-order valence-electron chi connectivity index (χ0n) is 13.8. The molecule has 1 aliphatic carbocycles. The first-order valence-corrected chi connectivity index (χ1v) is 9.24. The van der Waals surface area contributed by atoms with Gasteiger partial charge < -0.3 is 4.57 Å². The van der Waals surface area contributed by atoms with E-state index < -0.39 is 0 Å². The highest BCUT2D eigenvalue weighted by Gasteiger charge is 2.13. The van der Waals surface area contributed by atoms with Gasteiger partial charge in [0.25, 0.3) is 0 Å². The Labute approximate surface area is 150 Å². The summed E-state index contributed by atoms with van der Waals surface area (Å²) in [6.07, 6.45) is 12.1. The van der Waals surface area contributed by atoms with Crippen LogP contribution < -0.4 is 16.2 Å². The summed E-state index contributed by atoms with van der Waals surface area (Å²) < 4.78 is 2.18. The fourth-order valence-corrected chi connectivity index (χ4v) is 3.19. The lowest BCUT2D eigenvalue weighted by molar-refractivity contribution is -0.129. The van der Waals surface area contributed by atoms with Gasteiger partial charge in [0.15, 0.2) is 5.82 Å². The van der Waals surface area contributed by atoms with E-state index in [9.17, 15) is 4.79 Å². The number of unbranched alkanes of at least 4 members (excludes halogenated alkanes) is 2. The first-order chi connectivity index (χ1) is 12.3. The van der Waals surface area contributed by atoms with Crippen molar-refractivity contribution >= 4 is 41.1 Å². The van der Waals surface area contributed by atoms with Crippen molar-refractivity contribution in [1.82, 2.24) is 15.0 Å². The van der Waals surface area contributed by atoms with Gasteiger partial charge in [-0.05, 0) is 25.3 Å². The van der Waals surface area contributed by atoms with Crippen molar-refractivity contribution in [3.05, 3.63) is 39.8 Å². The second-order valence-electron chi connectivity index (χ2n) is 5.72. The summed E-state index contributed by atoms with van der Waals surface area (Å²) >= 11 is 1.50. The Morgan fingerprint density at radius 2 is 2.32 bits per heavy atom. The molecule has 6 nitrogen and oxygen atoms in total. The van der Waals surface area contributed by atoms with E-state index in [1.165, 1.54) is 11.8 Å². The maximum absolute atomic E-state index is 11.1. The lowest BCUT2D eigenvalue weighted by Gasteiger charge is -2.08. The van der Waals surface area contributed by atoms with Crippen LogP contribution in [-0.2, 0) is 11.3 Å². The van der Waals surface area contributed by atoms with E-state index in [1.807, 2.05) is 5.41 Å². The molecule has 0 radical (unpaired) electrons. The van der Waals surface area contributed by atoms with E-state index in [0.29, 0.717) is 6.42 Å². The van der Waals surface area contributed by atoms with E-state index in [-0.39, 0.29) is 5.91 Å². The minimum atomic E-state index is -0.338. The molecule has 7 heteroatoms. The van der Waals surface area contributed by atoms with Crippen molar-refractivity contribution in [3.8, 4) is 0 Å². The van der Waals surface area contributed by atoms with E-state index in [1.54, 1.807) is 11.0 Å². The number of nitrogens with one attached hydrogen (secondary N) is 1. The zero-order valence-corrected chi connectivity index (χ0v) is 14.6. The van der Waals surface area contributed by atoms with Crippen LogP contribution in [0.5, 0.6) is 0 Å². The standard InChI is InChI=1S/C18H20N4O2S/c23-17(21-24)9-5-2-6-11-22-16-8-4-1-3-7-14(16)20-18(22)15-10-12-25-13-19-15/h1,4,7-8,12-13,24H,2-3,5-6,9,11H2,(H,21,23). The second-order valence-corrected chi connectivity index (χ2v) is 6.44. The summed E-state index contributed by atoms with van der Waals surface area (Å²) in [4.78, 5) is 20.2. The van der Waals surface area contributed by atoms with Gasteiger partial charge in [0.2, 0.25) is 5.91 Å². The van der Waals surface area contributed by atoms with Crippen LogP contribution in [0, 0.1) is 0 Å². The number of amides is 1. The highest BCUT2D eigenvalue weighted by atomic mass is 32.2. The molecule has 25 heavy (non-hydrogen) atoms. The fraction of sp³-hybridized carbons (Fsp3) is 0.333. The number of rotatable bonds is 7. The number of aliphatic imine (C=N–C) groups is 1. The van der Waals surface area contributed by atoms with Crippen molar-refractivity contribution in [3.63, 3.8) is 0 Å². The molecular weight excluding hydrogens is 336 g/mol. The maximum Gasteiger partial charge on any atom is 0.243 e. The van der Waals surface area contributed by atoms with Crippen LogP contribution in [0.15, 0.2) is 28.3 Å². The van der Waals surface area contributed by atoms with Crippen LogP contribution in [0.1, 0.15) is 37.9 Å². The number of carbonyl (C=O) groups excluding carboxylic acids is 1. The number of aromatic nitrogens is 2. The maximum atomic E-state index is 11.1. The highest BCUT2D eigenvalue weighted by Crippen LogP contribution is 2.16. The molecule has 0 unspecified atom stereocenters. The topological polar surface area (TPSA) is 79.5 Å². The molecule has 1 aromatic rings. The summed E-state index contributed by atoms with van der Waals surface area (Å²) in [7, 11) is 0. The van der Waals surface area contributed by atoms with Gasteiger partial charge >= 0.3 is 0 Å². The van der Waals surface area contributed by atoms with Gasteiger partial charge in [-0.15, -0.1) is 0 Å². The molecule has 0 spiro atoms. The predicted molar refractivity (Wildman–Crippen MR) is 100 cm³/mol. The molecule has 0 fully saturated rings. The smallest absolute Gasteiger partial charge is 0.243 e. The van der Waals surface area contributed by atoms with Gasteiger partial charge in [0.05, 0.1) is 16.2 Å². The van der Waals surface area contributed by atoms with Crippen LogP contribution in [-0.4, -0.2) is 26.2 Å². The largest absolute Gasteiger partial charge is 0.322 e. The van der Waals surface area contributed by atoms with Crippen molar-refractivity contribution in [1.29, 1.82) is 0 Å². The molecule has 0 aromatic carbocycles. The number of thioether (sulfide) groups is 1. The van der Waals surface area contributed by atoms with Crippen molar-refractivity contribution in [2.45, 2.75) is 38.6 Å². The third kappa shape index (κ3) is 4.39. The summed E-state index contributed by atoms with van der Waals surface area (Å²) in [5.41, 5.74) is 7.37. The minimum absolute atomic E-state index is 0.337. The van der Waals surface area contributed by atoms with Crippen molar-refractivity contribution < 1.29 is 10.0 Å². The Morgan fingerprint density at radius 3 is 3.12 bits per heavy atom. The molecule has 0 saturated heterocycles. The van der Waals surface area contributed by atoms with E-state index >= 15 is 0 Å². The molecule has 2 aliphatic rings. The van der Waals surface area contributed by atoms with Crippen LogP contribution >= 0.6 is 11.8 Å². The summed E-state index contributed by atoms with van der Waals surface area (Å²) in [6.45, 7) is 0.796. The van der Waals surface area contributed by atoms with E-state index in [0.717, 1.165) is 54.4 Å². The molecular formula is C18H20N4O2S. The predicted octanol–water partition coefficient (Wildman–Crippen LogP) is 1.70. The Bertz CT molecular complexity index is 889. The van der Waals surface area contributed by atoms with Crippen LogP contribution in [0.2, 0.25) is 0 Å². The SMILES string of the molecule is O=C(CCCCCn1c(C2=C=CSC=N2)nc2c1=CC=CCC=2)NO. The quantitative estimate of drug-likeness (QED) is 0.337. The molecule has 1 aromatic heterocycles. The Balaban J connectivity index is 1.82. The van der Waals surface area contributed by atoms with Gasteiger partial charge in [-0.2, -0.15) is 0 Å². The monoisotopic (exact) mass is 356 g/mol. The number of nitrogens with zero attached hydrogens (tertiary/aromatic N) is 3. The first kappa shape index (κ1) is 17.5. The lowest BCUT2D eigenvalue weighted by atomic mass is 10.2. The van der Waals surface area contributed by atoms with E-state index in [4.69, 9.17) is 10.2 Å². The van der Waals surface area contributed by atoms with Crippen molar-refractivity contribution in [2.75, 3.05) is 0 Å². The molecule has 2 N–H and O–H groups in total. The fourth-order valence-electron chi connectivity index (χ4n) is 2.79. The lowest BCUT2D eigenvalue weighted by Crippen LogP contribution is -2.30. The average molecular weight is 356 g/mol. The van der Waals surface area contributed by atoms with Gasteiger partial charge in [-0.1, -0.05) is 42.1 Å². The normalized spacial score (nSPS) is 15.0. The van der Waals surface area contributed by atoms with Gasteiger partial charge in [0.1, 0.15) is 5.70 Å². The second kappa shape index (κ2) is 8.67. The molecule has 1 aliphatic heterocycles. The molecule has 130 valence electrons. The number of imidazole rings is 1. The van der Waals surface area contributed by atoms with E-state index in [2.05, 4.69) is 39.6 Å². The third-order valence-corrected chi connectivity index (χ3v) is 4.48. The highest BCUT2D eigenvalue weighted by molar-refractivity contribution is 8.14.